The minimum Gasteiger partial charge on any atom is -0.478 e. The fraction of sp³-hybridized carbons (Fsp3) is 0.154. The summed E-state index contributed by atoms with van der Waals surface area (Å²) in [5.41, 5.74) is 8.09. The Kier molecular flexibility index (Phi) is 5.48. The van der Waals surface area contributed by atoms with Crippen molar-refractivity contribution >= 4 is 33.4 Å². The number of carbonyl (C=O) groups excluding carboxylic acids is 1. The number of carbonyl (C=O) groups is 2. The van der Waals surface area contributed by atoms with E-state index >= 15 is 0 Å². The van der Waals surface area contributed by atoms with E-state index < -0.39 is 11.9 Å². The molecule has 5 rings (SSSR count). The van der Waals surface area contributed by atoms with Gasteiger partial charge in [0.25, 0.3) is 0 Å². The molecule has 4 nitrogen and oxygen atoms in total. The van der Waals surface area contributed by atoms with Crippen LogP contribution in [0.2, 0.25) is 0 Å². The number of amides is 1. The highest BCUT2D eigenvalue weighted by Gasteiger charge is 2.13. The summed E-state index contributed by atoms with van der Waals surface area (Å²) >= 11 is 0. The Bertz CT molecular complexity index is 1230. The van der Waals surface area contributed by atoms with E-state index in [9.17, 15) is 9.59 Å². The summed E-state index contributed by atoms with van der Waals surface area (Å²) in [7, 11) is 0. The SMILES string of the molecule is NC(=O)c1ccccc1C(=O)O.c1ccc2c(c1)ccc1c3c(ccc12)CCCC3. The zero-order valence-corrected chi connectivity index (χ0v) is 16.6. The van der Waals surface area contributed by atoms with Gasteiger partial charge in [-0.1, -0.05) is 60.7 Å². The van der Waals surface area contributed by atoms with Crippen LogP contribution in [0.15, 0.2) is 72.8 Å². The standard InChI is InChI=1S/C18H16.C8H7NO3/c1-3-7-15-13(5-1)9-11-18-16-8-4-2-6-14(16)10-12-17(15)18;9-7(10)5-3-1-2-4-6(5)8(11)12/h1,3,5,7,9-12H,2,4,6,8H2;1-4H,(H2,9,10)(H,11,12). The summed E-state index contributed by atoms with van der Waals surface area (Å²) in [4.78, 5) is 21.2. The molecule has 0 saturated heterocycles. The average Bonchev–Trinajstić information content (AvgIpc) is 2.79. The fourth-order valence-corrected chi connectivity index (χ4v) is 4.23. The van der Waals surface area contributed by atoms with Crippen LogP contribution in [0.3, 0.4) is 0 Å². The van der Waals surface area contributed by atoms with E-state index in [-0.39, 0.29) is 11.1 Å². The van der Waals surface area contributed by atoms with Gasteiger partial charge in [0.1, 0.15) is 0 Å². The van der Waals surface area contributed by atoms with E-state index in [0.29, 0.717) is 0 Å². The predicted octanol–water partition coefficient (Wildman–Crippen LogP) is 5.36. The summed E-state index contributed by atoms with van der Waals surface area (Å²) in [5, 5.41) is 14.2. The molecule has 4 aromatic rings. The molecule has 3 N–H and O–H groups in total. The summed E-state index contributed by atoms with van der Waals surface area (Å²) in [6, 6.07) is 23.8. The first-order chi connectivity index (χ1) is 14.6. The molecule has 0 aliphatic heterocycles. The number of rotatable bonds is 2. The van der Waals surface area contributed by atoms with E-state index in [0.717, 1.165) is 0 Å². The van der Waals surface area contributed by atoms with E-state index in [4.69, 9.17) is 10.8 Å². The topological polar surface area (TPSA) is 80.4 Å². The molecular weight excluding hydrogens is 374 g/mol. The van der Waals surface area contributed by atoms with Gasteiger partial charge >= 0.3 is 5.97 Å². The van der Waals surface area contributed by atoms with Crippen LogP contribution >= 0.6 is 0 Å². The number of carboxylic acid groups (broad SMARTS) is 1. The Morgan fingerprint density at radius 3 is 2.10 bits per heavy atom. The van der Waals surface area contributed by atoms with Crippen molar-refractivity contribution in [2.45, 2.75) is 25.7 Å². The van der Waals surface area contributed by atoms with Gasteiger partial charge in [-0.3, -0.25) is 4.79 Å². The zero-order chi connectivity index (χ0) is 21.1. The average molecular weight is 397 g/mol. The summed E-state index contributed by atoms with van der Waals surface area (Å²) < 4.78 is 0. The number of hydrogen-bond donors (Lipinski definition) is 2. The van der Waals surface area contributed by atoms with Gasteiger partial charge < -0.3 is 10.8 Å². The molecule has 0 atom stereocenters. The number of hydrogen-bond acceptors (Lipinski definition) is 2. The number of fused-ring (bicyclic) bond motifs is 5. The second-order valence-corrected chi connectivity index (χ2v) is 7.51. The third kappa shape index (κ3) is 3.77. The molecule has 0 saturated carbocycles. The monoisotopic (exact) mass is 397 g/mol. The lowest BCUT2D eigenvalue weighted by Crippen LogP contribution is -2.15. The van der Waals surface area contributed by atoms with Gasteiger partial charge in [-0.25, -0.2) is 4.79 Å². The number of carboxylic acids is 1. The molecule has 4 aromatic carbocycles. The zero-order valence-electron chi connectivity index (χ0n) is 16.6. The number of primary amides is 1. The Balaban J connectivity index is 0.000000159. The van der Waals surface area contributed by atoms with E-state index in [2.05, 4.69) is 48.5 Å². The van der Waals surface area contributed by atoms with Crippen LogP contribution in [0.5, 0.6) is 0 Å². The Hall–Kier alpha value is -3.66. The van der Waals surface area contributed by atoms with Crippen LogP contribution < -0.4 is 5.73 Å². The van der Waals surface area contributed by atoms with Crippen LogP contribution in [-0.2, 0) is 12.8 Å². The molecule has 30 heavy (non-hydrogen) atoms. The lowest BCUT2D eigenvalue weighted by Gasteiger charge is -2.18. The summed E-state index contributed by atoms with van der Waals surface area (Å²) in [6.45, 7) is 0. The van der Waals surface area contributed by atoms with Gasteiger partial charge in [0.05, 0.1) is 11.1 Å². The van der Waals surface area contributed by atoms with Crippen molar-refractivity contribution in [3.8, 4) is 0 Å². The number of nitrogens with two attached hydrogens (primary N) is 1. The molecule has 0 unspecified atom stereocenters. The minimum atomic E-state index is -1.15. The lowest BCUT2D eigenvalue weighted by molar-refractivity contribution is 0.0692. The van der Waals surface area contributed by atoms with Crippen LogP contribution in [0.25, 0.3) is 21.5 Å². The first-order valence-corrected chi connectivity index (χ1v) is 10.1. The van der Waals surface area contributed by atoms with Gasteiger partial charge in [-0.2, -0.15) is 0 Å². The molecule has 0 bridgehead atoms. The largest absolute Gasteiger partial charge is 0.478 e. The van der Waals surface area contributed by atoms with Crippen LogP contribution in [0, 0.1) is 0 Å². The molecule has 1 aliphatic rings. The highest BCUT2D eigenvalue weighted by molar-refractivity contribution is 6.08. The van der Waals surface area contributed by atoms with Crippen molar-refractivity contribution in [3.05, 3.63) is 95.1 Å². The molecule has 0 spiro atoms. The summed E-state index contributed by atoms with van der Waals surface area (Å²) in [5.74, 6) is -1.88. The van der Waals surface area contributed by atoms with Crippen LogP contribution in [-0.4, -0.2) is 17.0 Å². The smallest absolute Gasteiger partial charge is 0.336 e. The predicted molar refractivity (Wildman–Crippen MR) is 120 cm³/mol. The van der Waals surface area contributed by atoms with Crippen molar-refractivity contribution in [1.82, 2.24) is 0 Å². The second-order valence-electron chi connectivity index (χ2n) is 7.51. The van der Waals surface area contributed by atoms with Crippen LogP contribution in [0.1, 0.15) is 44.7 Å². The molecule has 1 aliphatic carbocycles. The van der Waals surface area contributed by atoms with Gasteiger partial charge in [0.15, 0.2) is 0 Å². The second kappa shape index (κ2) is 8.37. The van der Waals surface area contributed by atoms with Gasteiger partial charge in [0, 0.05) is 0 Å². The van der Waals surface area contributed by atoms with E-state index in [1.165, 1.54) is 65.4 Å². The first kappa shape index (κ1) is 19.6. The van der Waals surface area contributed by atoms with Gasteiger partial charge in [-0.15, -0.1) is 0 Å². The molecule has 150 valence electrons. The molecule has 0 fully saturated rings. The number of benzene rings is 4. The molecular formula is C26H23NO3. The third-order valence-corrected chi connectivity index (χ3v) is 5.68. The van der Waals surface area contributed by atoms with E-state index in [1.807, 2.05) is 0 Å². The maximum absolute atomic E-state index is 10.7. The summed E-state index contributed by atoms with van der Waals surface area (Å²) in [6.07, 6.45) is 5.22. The lowest BCUT2D eigenvalue weighted by atomic mass is 9.86. The molecule has 0 heterocycles. The van der Waals surface area contributed by atoms with Gasteiger partial charge in [-0.05, 0) is 70.5 Å². The fourth-order valence-electron chi connectivity index (χ4n) is 4.23. The van der Waals surface area contributed by atoms with Gasteiger partial charge in [0.2, 0.25) is 5.91 Å². The molecule has 0 radical (unpaired) electrons. The molecule has 0 aromatic heterocycles. The first-order valence-electron chi connectivity index (χ1n) is 10.1. The Morgan fingerprint density at radius 2 is 1.37 bits per heavy atom. The van der Waals surface area contributed by atoms with Crippen molar-refractivity contribution in [2.24, 2.45) is 5.73 Å². The highest BCUT2D eigenvalue weighted by atomic mass is 16.4. The van der Waals surface area contributed by atoms with Crippen molar-refractivity contribution in [2.75, 3.05) is 0 Å². The normalized spacial score (nSPS) is 12.7. The molecule has 1 amide bonds. The third-order valence-electron chi connectivity index (χ3n) is 5.68. The van der Waals surface area contributed by atoms with Crippen LogP contribution in [0.4, 0.5) is 0 Å². The van der Waals surface area contributed by atoms with Crippen molar-refractivity contribution in [3.63, 3.8) is 0 Å². The van der Waals surface area contributed by atoms with Crippen molar-refractivity contribution < 1.29 is 14.7 Å². The maximum atomic E-state index is 10.7. The van der Waals surface area contributed by atoms with Crippen molar-refractivity contribution in [1.29, 1.82) is 0 Å². The quantitative estimate of drug-likeness (QED) is 0.447. The molecule has 4 heteroatoms. The highest BCUT2D eigenvalue weighted by Crippen LogP contribution is 2.33. The minimum absolute atomic E-state index is 0.0324. The maximum Gasteiger partial charge on any atom is 0.336 e. The number of aryl methyl sites for hydroxylation is 2. The van der Waals surface area contributed by atoms with E-state index in [1.54, 1.807) is 17.2 Å². The Labute approximate surface area is 174 Å². The Morgan fingerprint density at radius 1 is 0.700 bits per heavy atom. The number of aromatic carboxylic acids is 1.